The van der Waals surface area contributed by atoms with Gasteiger partial charge in [-0.15, -0.1) is 12.4 Å². The number of nitrogens with zero attached hydrogens (tertiary/aromatic N) is 1. The van der Waals surface area contributed by atoms with Gasteiger partial charge in [0.05, 0.1) is 5.02 Å². The van der Waals surface area contributed by atoms with E-state index in [0.717, 1.165) is 44.1 Å². The third kappa shape index (κ3) is 3.64. The van der Waals surface area contributed by atoms with Crippen LogP contribution < -0.4 is 5.32 Å². The van der Waals surface area contributed by atoms with Crippen molar-refractivity contribution in [2.75, 3.05) is 26.2 Å². The zero-order valence-electron chi connectivity index (χ0n) is 11.4. The first-order valence-electron chi connectivity index (χ1n) is 7.14. The average molecular weight is 319 g/mol. The molecule has 1 aromatic carbocycles. The van der Waals surface area contributed by atoms with E-state index in [0.29, 0.717) is 0 Å². The minimum Gasteiger partial charge on any atom is -0.314 e. The predicted molar refractivity (Wildman–Crippen MR) is 83.2 cm³/mol. The van der Waals surface area contributed by atoms with E-state index < -0.39 is 0 Å². The molecule has 1 aromatic rings. The maximum absolute atomic E-state index is 14.3. The quantitative estimate of drug-likeness (QED) is 0.911. The summed E-state index contributed by atoms with van der Waals surface area (Å²) in [6.45, 7) is 3.96. The summed E-state index contributed by atoms with van der Waals surface area (Å²) in [5, 5.41) is 3.60. The maximum atomic E-state index is 14.3. The van der Waals surface area contributed by atoms with E-state index in [4.69, 9.17) is 11.6 Å². The van der Waals surface area contributed by atoms with Crippen LogP contribution in [0.4, 0.5) is 4.39 Å². The van der Waals surface area contributed by atoms with Crippen LogP contribution in [0.1, 0.15) is 30.9 Å². The number of piperazine rings is 1. The van der Waals surface area contributed by atoms with Gasteiger partial charge in [0.2, 0.25) is 0 Å². The maximum Gasteiger partial charge on any atom is 0.146 e. The standard InChI is InChI=1S/C15H20ClFN2.ClH/c16-13-3-1-2-12(15(13)17)14(10-11-4-5-11)19-8-6-18-7-9-19;/h1-3,11,14,18H,4-10H2;1H/t14-;/m1./s1. The summed E-state index contributed by atoms with van der Waals surface area (Å²) in [6, 6.07) is 5.58. The van der Waals surface area contributed by atoms with E-state index in [2.05, 4.69) is 10.2 Å². The van der Waals surface area contributed by atoms with Gasteiger partial charge in [-0.3, -0.25) is 4.90 Å². The molecule has 2 aliphatic rings. The van der Waals surface area contributed by atoms with Crippen LogP contribution in [0, 0.1) is 11.7 Å². The fourth-order valence-electron chi connectivity index (χ4n) is 2.91. The molecule has 0 amide bonds. The largest absolute Gasteiger partial charge is 0.314 e. The molecule has 0 unspecified atom stereocenters. The van der Waals surface area contributed by atoms with Crippen LogP contribution in [0.5, 0.6) is 0 Å². The van der Waals surface area contributed by atoms with Crippen molar-refractivity contribution in [2.24, 2.45) is 5.92 Å². The summed E-state index contributed by atoms with van der Waals surface area (Å²) in [5.41, 5.74) is 0.779. The summed E-state index contributed by atoms with van der Waals surface area (Å²) < 4.78 is 14.3. The number of rotatable bonds is 4. The fraction of sp³-hybridized carbons (Fsp3) is 0.600. The molecule has 2 fully saturated rings. The van der Waals surface area contributed by atoms with Gasteiger partial charge in [-0.25, -0.2) is 4.39 Å². The van der Waals surface area contributed by atoms with Crippen LogP contribution in [0.15, 0.2) is 18.2 Å². The normalized spacial score (nSPS) is 21.3. The Kier molecular flexibility index (Phi) is 5.67. The molecule has 1 aliphatic heterocycles. The van der Waals surface area contributed by atoms with E-state index in [9.17, 15) is 4.39 Å². The number of nitrogens with one attached hydrogen (secondary N) is 1. The first-order valence-corrected chi connectivity index (χ1v) is 7.52. The average Bonchev–Trinajstić information content (AvgIpc) is 3.25. The lowest BCUT2D eigenvalue weighted by Crippen LogP contribution is -2.45. The molecule has 1 atom stereocenters. The van der Waals surface area contributed by atoms with Crippen LogP contribution >= 0.6 is 24.0 Å². The van der Waals surface area contributed by atoms with Crippen LogP contribution in [0.25, 0.3) is 0 Å². The van der Waals surface area contributed by atoms with Gasteiger partial charge < -0.3 is 5.32 Å². The van der Waals surface area contributed by atoms with Gasteiger partial charge in [-0.1, -0.05) is 36.6 Å². The molecule has 0 bridgehead atoms. The molecule has 2 nitrogen and oxygen atoms in total. The molecule has 20 heavy (non-hydrogen) atoms. The molecule has 112 valence electrons. The van der Waals surface area contributed by atoms with E-state index >= 15 is 0 Å². The van der Waals surface area contributed by atoms with Gasteiger partial charge in [-0.05, 0) is 18.4 Å². The van der Waals surface area contributed by atoms with Crippen LogP contribution in [-0.4, -0.2) is 31.1 Å². The lowest BCUT2D eigenvalue weighted by Gasteiger charge is -2.35. The second-order valence-corrected chi connectivity index (χ2v) is 6.03. The minimum absolute atomic E-state index is 0. The minimum atomic E-state index is -0.228. The Bertz CT molecular complexity index is 445. The van der Waals surface area contributed by atoms with E-state index in [1.807, 2.05) is 12.1 Å². The van der Waals surface area contributed by atoms with Crippen LogP contribution in [-0.2, 0) is 0 Å². The third-order valence-electron chi connectivity index (χ3n) is 4.19. The Morgan fingerprint density at radius 3 is 2.65 bits per heavy atom. The second-order valence-electron chi connectivity index (χ2n) is 5.62. The smallest absolute Gasteiger partial charge is 0.146 e. The first kappa shape index (κ1) is 16.0. The topological polar surface area (TPSA) is 15.3 Å². The Hall–Kier alpha value is -0.350. The summed E-state index contributed by atoms with van der Waals surface area (Å²) in [7, 11) is 0. The highest BCUT2D eigenvalue weighted by atomic mass is 35.5. The van der Waals surface area contributed by atoms with Gasteiger partial charge >= 0.3 is 0 Å². The fourth-order valence-corrected chi connectivity index (χ4v) is 3.10. The zero-order valence-corrected chi connectivity index (χ0v) is 13.0. The highest BCUT2D eigenvalue weighted by Crippen LogP contribution is 2.41. The lowest BCUT2D eigenvalue weighted by molar-refractivity contribution is 0.157. The van der Waals surface area contributed by atoms with Gasteiger partial charge in [0, 0.05) is 37.8 Å². The molecular weight excluding hydrogens is 298 g/mol. The van der Waals surface area contributed by atoms with E-state index in [1.54, 1.807) is 6.07 Å². The number of benzene rings is 1. The van der Waals surface area contributed by atoms with Crippen molar-refractivity contribution >= 4 is 24.0 Å². The van der Waals surface area contributed by atoms with E-state index in [1.165, 1.54) is 12.8 Å². The molecule has 0 radical (unpaired) electrons. The predicted octanol–water partition coefficient (Wildman–Crippen LogP) is 3.65. The van der Waals surface area contributed by atoms with Gasteiger partial charge in [0.1, 0.15) is 5.82 Å². The van der Waals surface area contributed by atoms with Crippen molar-refractivity contribution in [1.29, 1.82) is 0 Å². The van der Waals surface area contributed by atoms with Crippen LogP contribution in [0.3, 0.4) is 0 Å². The third-order valence-corrected chi connectivity index (χ3v) is 4.48. The SMILES string of the molecule is Cl.Fc1c(Cl)cccc1[C@@H](CC1CC1)N1CCNCC1. The van der Waals surface area contributed by atoms with Crippen molar-refractivity contribution in [3.63, 3.8) is 0 Å². The Balaban J connectivity index is 0.00000147. The molecule has 1 saturated carbocycles. The highest BCUT2D eigenvalue weighted by Gasteiger charge is 2.32. The summed E-state index contributed by atoms with van der Waals surface area (Å²) in [5.74, 6) is 0.548. The molecule has 1 N–H and O–H groups in total. The Morgan fingerprint density at radius 2 is 2.00 bits per heavy atom. The van der Waals surface area contributed by atoms with Crippen molar-refractivity contribution in [1.82, 2.24) is 10.2 Å². The summed E-state index contributed by atoms with van der Waals surface area (Å²) in [6.07, 6.45) is 3.66. The molecule has 1 saturated heterocycles. The summed E-state index contributed by atoms with van der Waals surface area (Å²) >= 11 is 5.94. The van der Waals surface area contributed by atoms with Crippen molar-refractivity contribution < 1.29 is 4.39 Å². The van der Waals surface area contributed by atoms with Crippen LogP contribution in [0.2, 0.25) is 5.02 Å². The molecule has 0 spiro atoms. The molecule has 3 rings (SSSR count). The van der Waals surface area contributed by atoms with Gasteiger partial charge in [0.15, 0.2) is 0 Å². The molecule has 1 heterocycles. The monoisotopic (exact) mass is 318 g/mol. The lowest BCUT2D eigenvalue weighted by atomic mass is 9.98. The van der Waals surface area contributed by atoms with Gasteiger partial charge in [0.25, 0.3) is 0 Å². The van der Waals surface area contributed by atoms with Crippen molar-refractivity contribution in [3.05, 3.63) is 34.6 Å². The van der Waals surface area contributed by atoms with Gasteiger partial charge in [-0.2, -0.15) is 0 Å². The number of hydrogen-bond acceptors (Lipinski definition) is 2. The van der Waals surface area contributed by atoms with Crippen molar-refractivity contribution in [3.8, 4) is 0 Å². The Labute approximate surface area is 131 Å². The summed E-state index contributed by atoms with van der Waals surface area (Å²) in [4.78, 5) is 2.41. The Morgan fingerprint density at radius 1 is 1.30 bits per heavy atom. The molecule has 0 aromatic heterocycles. The highest BCUT2D eigenvalue weighted by molar-refractivity contribution is 6.30. The van der Waals surface area contributed by atoms with Crippen molar-refractivity contribution in [2.45, 2.75) is 25.3 Å². The number of hydrogen-bond donors (Lipinski definition) is 1. The second kappa shape index (κ2) is 7.08. The molecule has 5 heteroatoms. The molecule has 1 aliphatic carbocycles. The zero-order chi connectivity index (χ0) is 13.2. The molecular formula is C15H21Cl2FN2. The van der Waals surface area contributed by atoms with E-state index in [-0.39, 0.29) is 29.3 Å². The number of halogens is 3. The first-order chi connectivity index (χ1) is 9.25.